The average molecular weight is 515 g/mol. The van der Waals surface area contributed by atoms with Gasteiger partial charge in [-0.15, -0.1) is 0 Å². The number of halogens is 3. The number of benzene rings is 3. The number of nitrogens with one attached hydrogen (secondary N) is 2. The second-order valence-electron chi connectivity index (χ2n) is 7.15. The first-order valence-electron chi connectivity index (χ1n) is 9.92. The number of anilines is 2. The predicted molar refractivity (Wildman–Crippen MR) is 135 cm³/mol. The highest BCUT2D eigenvalue weighted by molar-refractivity contribution is 6.37. The minimum atomic E-state index is -0.570. The third-order valence-corrected chi connectivity index (χ3v) is 5.26. The maximum Gasteiger partial charge on any atom is 0.266 e. The molecule has 3 aromatic carbocycles. The van der Waals surface area contributed by atoms with Gasteiger partial charge in [-0.2, -0.15) is 5.26 Å². The lowest BCUT2D eigenvalue weighted by molar-refractivity contribution is -0.118. The highest BCUT2D eigenvalue weighted by Crippen LogP contribution is 2.35. The van der Waals surface area contributed by atoms with Gasteiger partial charge in [0.25, 0.3) is 11.8 Å². The van der Waals surface area contributed by atoms with E-state index in [0.717, 1.165) is 5.56 Å². The van der Waals surface area contributed by atoms with Crippen LogP contribution in [0.25, 0.3) is 6.08 Å². The molecule has 2 N–H and O–H groups in total. The molecule has 0 bridgehead atoms. The smallest absolute Gasteiger partial charge is 0.266 e. The van der Waals surface area contributed by atoms with Crippen molar-refractivity contribution < 1.29 is 14.3 Å². The molecule has 0 aliphatic heterocycles. The van der Waals surface area contributed by atoms with Gasteiger partial charge in [-0.05, 0) is 72.7 Å². The number of carbonyl (C=O) groups is 2. The van der Waals surface area contributed by atoms with Gasteiger partial charge in [0.15, 0.2) is 12.4 Å². The van der Waals surface area contributed by atoms with E-state index in [1.807, 2.05) is 19.1 Å². The Labute approximate surface area is 211 Å². The highest BCUT2D eigenvalue weighted by Gasteiger charge is 2.14. The molecule has 2 amide bonds. The summed E-state index contributed by atoms with van der Waals surface area (Å²) in [5, 5.41) is 15.6. The third-order valence-electron chi connectivity index (χ3n) is 4.45. The molecule has 0 fully saturated rings. The number of hydrogen-bond acceptors (Lipinski definition) is 4. The van der Waals surface area contributed by atoms with Gasteiger partial charge in [-0.1, -0.05) is 46.9 Å². The first-order chi connectivity index (χ1) is 16.2. The van der Waals surface area contributed by atoms with Crippen LogP contribution in [0.3, 0.4) is 0 Å². The van der Waals surface area contributed by atoms with Crippen LogP contribution in [0.4, 0.5) is 11.4 Å². The van der Waals surface area contributed by atoms with Crippen molar-refractivity contribution in [2.45, 2.75) is 6.92 Å². The molecule has 3 rings (SSSR count). The Hall–Kier alpha value is -3.50. The zero-order valence-corrected chi connectivity index (χ0v) is 20.1. The molecule has 3 aromatic rings. The molecule has 0 radical (unpaired) electrons. The number of carbonyl (C=O) groups excluding carboxylic acids is 2. The van der Waals surface area contributed by atoms with Crippen molar-refractivity contribution in [3.05, 3.63) is 92.4 Å². The number of rotatable bonds is 7. The van der Waals surface area contributed by atoms with Gasteiger partial charge in [0.05, 0.1) is 10.0 Å². The Kier molecular flexibility index (Phi) is 8.55. The van der Waals surface area contributed by atoms with E-state index < -0.39 is 11.8 Å². The molecule has 0 atom stereocenters. The fourth-order valence-electron chi connectivity index (χ4n) is 2.91. The van der Waals surface area contributed by atoms with E-state index in [4.69, 9.17) is 39.5 Å². The molecule has 0 saturated carbocycles. The zero-order valence-electron chi connectivity index (χ0n) is 17.9. The topological polar surface area (TPSA) is 91.2 Å². The van der Waals surface area contributed by atoms with Crippen LogP contribution in [0.1, 0.15) is 11.1 Å². The van der Waals surface area contributed by atoms with Crippen molar-refractivity contribution in [3.63, 3.8) is 0 Å². The van der Waals surface area contributed by atoms with Crippen LogP contribution in [-0.4, -0.2) is 18.4 Å². The van der Waals surface area contributed by atoms with Crippen molar-refractivity contribution in [2.75, 3.05) is 17.2 Å². The van der Waals surface area contributed by atoms with Crippen molar-refractivity contribution in [1.29, 1.82) is 5.26 Å². The van der Waals surface area contributed by atoms with Crippen molar-refractivity contribution >= 4 is 64.1 Å². The van der Waals surface area contributed by atoms with Crippen LogP contribution in [0.15, 0.2) is 66.2 Å². The highest BCUT2D eigenvalue weighted by atomic mass is 35.5. The number of amides is 2. The second-order valence-corrected chi connectivity index (χ2v) is 8.40. The molecule has 0 saturated heterocycles. The molecule has 0 spiro atoms. The lowest BCUT2D eigenvalue weighted by Crippen LogP contribution is -2.20. The average Bonchev–Trinajstić information content (AvgIpc) is 2.78. The Bertz CT molecular complexity index is 1280. The summed E-state index contributed by atoms with van der Waals surface area (Å²) in [5.74, 6) is -0.882. The SMILES string of the molecule is Cc1cccc(NC(=O)/C(C#N)=C/c2cc(Cl)c(OCC(=O)Nc3ccc(Cl)cc3)c(Cl)c2)c1. The zero-order chi connectivity index (χ0) is 24.7. The minimum Gasteiger partial charge on any atom is -0.481 e. The summed E-state index contributed by atoms with van der Waals surface area (Å²) < 4.78 is 5.48. The molecular formula is C25H18Cl3N3O3. The lowest BCUT2D eigenvalue weighted by Gasteiger charge is -2.11. The van der Waals surface area contributed by atoms with E-state index in [0.29, 0.717) is 22.0 Å². The maximum absolute atomic E-state index is 12.5. The normalized spacial score (nSPS) is 10.9. The van der Waals surface area contributed by atoms with E-state index in [1.165, 1.54) is 18.2 Å². The first kappa shape index (κ1) is 25.1. The summed E-state index contributed by atoms with van der Waals surface area (Å²) in [6, 6.07) is 18.7. The summed E-state index contributed by atoms with van der Waals surface area (Å²) >= 11 is 18.4. The molecule has 34 heavy (non-hydrogen) atoms. The second kappa shape index (κ2) is 11.6. The molecule has 0 aromatic heterocycles. The predicted octanol–water partition coefficient (Wildman–Crippen LogP) is 6.52. The van der Waals surface area contributed by atoms with Crippen LogP contribution in [-0.2, 0) is 9.59 Å². The Morgan fingerprint density at radius 3 is 2.26 bits per heavy atom. The lowest BCUT2D eigenvalue weighted by atomic mass is 10.1. The summed E-state index contributed by atoms with van der Waals surface area (Å²) in [6.07, 6.45) is 1.36. The van der Waals surface area contributed by atoms with E-state index >= 15 is 0 Å². The van der Waals surface area contributed by atoms with E-state index in [9.17, 15) is 14.9 Å². The van der Waals surface area contributed by atoms with Gasteiger partial charge >= 0.3 is 0 Å². The van der Waals surface area contributed by atoms with Crippen LogP contribution in [0, 0.1) is 18.3 Å². The fraction of sp³-hybridized carbons (Fsp3) is 0.0800. The molecule has 6 nitrogen and oxygen atoms in total. The summed E-state index contributed by atoms with van der Waals surface area (Å²) in [5.41, 5.74) is 2.39. The molecule has 9 heteroatoms. The van der Waals surface area contributed by atoms with E-state index in [-0.39, 0.29) is 28.0 Å². The summed E-state index contributed by atoms with van der Waals surface area (Å²) in [6.45, 7) is 1.56. The summed E-state index contributed by atoms with van der Waals surface area (Å²) in [4.78, 5) is 24.6. The number of hydrogen-bond donors (Lipinski definition) is 2. The molecule has 0 aliphatic rings. The Morgan fingerprint density at radius 2 is 1.65 bits per heavy atom. The van der Waals surface area contributed by atoms with Gasteiger partial charge in [-0.25, -0.2) is 0 Å². The summed E-state index contributed by atoms with van der Waals surface area (Å²) in [7, 11) is 0. The molecule has 172 valence electrons. The van der Waals surface area contributed by atoms with Crippen molar-refractivity contribution in [2.24, 2.45) is 0 Å². The Balaban J connectivity index is 1.69. The van der Waals surface area contributed by atoms with E-state index in [1.54, 1.807) is 42.5 Å². The number of aryl methyl sites for hydroxylation is 1. The number of ether oxygens (including phenoxy) is 1. The van der Waals surface area contributed by atoms with E-state index in [2.05, 4.69) is 10.6 Å². The monoisotopic (exact) mass is 513 g/mol. The first-order valence-corrected chi connectivity index (χ1v) is 11.1. The molecule has 0 aliphatic carbocycles. The number of nitrogens with zero attached hydrogens (tertiary/aromatic N) is 1. The van der Waals surface area contributed by atoms with Crippen molar-refractivity contribution in [1.82, 2.24) is 0 Å². The molecule has 0 heterocycles. The third kappa shape index (κ3) is 7.00. The van der Waals surface area contributed by atoms with Gasteiger partial charge in [0.1, 0.15) is 11.6 Å². The molecule has 0 unspecified atom stereocenters. The van der Waals surface area contributed by atoms with Crippen LogP contribution < -0.4 is 15.4 Å². The maximum atomic E-state index is 12.5. The van der Waals surface area contributed by atoms with Gasteiger partial charge < -0.3 is 15.4 Å². The van der Waals surface area contributed by atoms with Crippen LogP contribution in [0.5, 0.6) is 5.75 Å². The quantitative estimate of drug-likeness (QED) is 0.277. The minimum absolute atomic E-state index is 0.106. The largest absolute Gasteiger partial charge is 0.481 e. The fourth-order valence-corrected chi connectivity index (χ4v) is 3.64. The standard InChI is InChI=1S/C25H18Cl3N3O3/c1-15-3-2-4-20(9-15)31-25(33)17(13-29)10-16-11-21(27)24(22(28)12-16)34-14-23(32)30-19-7-5-18(26)6-8-19/h2-12H,14H2,1H3,(H,30,32)(H,31,33)/b17-10+. The van der Waals surface area contributed by atoms with Gasteiger partial charge in [-0.3, -0.25) is 9.59 Å². The Morgan fingerprint density at radius 1 is 0.971 bits per heavy atom. The number of nitriles is 1. The van der Waals surface area contributed by atoms with Gasteiger partial charge in [0, 0.05) is 16.4 Å². The molecular weight excluding hydrogens is 497 g/mol. The van der Waals surface area contributed by atoms with Crippen LogP contribution >= 0.6 is 34.8 Å². The van der Waals surface area contributed by atoms with Crippen molar-refractivity contribution in [3.8, 4) is 11.8 Å². The van der Waals surface area contributed by atoms with Gasteiger partial charge in [0.2, 0.25) is 0 Å². The van der Waals surface area contributed by atoms with Crippen LogP contribution in [0.2, 0.25) is 15.1 Å².